The molecular weight excluding hydrogens is 385 g/mol. The van der Waals surface area contributed by atoms with Crippen LogP contribution in [0.5, 0.6) is 5.75 Å². The fourth-order valence-corrected chi connectivity index (χ4v) is 4.20. The predicted octanol–water partition coefficient (Wildman–Crippen LogP) is 3.48. The summed E-state index contributed by atoms with van der Waals surface area (Å²) in [6.45, 7) is 1.57. The molecule has 3 aliphatic rings. The van der Waals surface area contributed by atoms with Crippen LogP contribution in [0, 0.1) is 5.92 Å². The number of nitrogens with zero attached hydrogens (tertiary/aromatic N) is 2. The van der Waals surface area contributed by atoms with Gasteiger partial charge in [-0.1, -0.05) is 6.07 Å². The summed E-state index contributed by atoms with van der Waals surface area (Å²) in [5, 5.41) is 0. The summed E-state index contributed by atoms with van der Waals surface area (Å²) in [6, 6.07) is 5.23. The Hall–Kier alpha value is -2.25. The Labute approximate surface area is 167 Å². The van der Waals surface area contributed by atoms with E-state index in [-0.39, 0.29) is 29.6 Å². The molecule has 3 fully saturated rings. The third kappa shape index (κ3) is 4.67. The van der Waals surface area contributed by atoms with Crippen LogP contribution in [0.1, 0.15) is 44.1 Å². The van der Waals surface area contributed by atoms with E-state index in [1.54, 1.807) is 0 Å². The van der Waals surface area contributed by atoms with Gasteiger partial charge in [0.05, 0.1) is 11.5 Å². The van der Waals surface area contributed by atoms with Gasteiger partial charge in [0.1, 0.15) is 11.9 Å². The molecule has 2 heterocycles. The summed E-state index contributed by atoms with van der Waals surface area (Å²) in [4.78, 5) is 28.6. The molecule has 2 amide bonds. The van der Waals surface area contributed by atoms with Crippen LogP contribution in [0.4, 0.5) is 13.2 Å². The highest BCUT2D eigenvalue weighted by Gasteiger charge is 2.40. The number of hydrogen-bond donors (Lipinski definition) is 0. The molecule has 4 rings (SSSR count). The fraction of sp³-hybridized carbons (Fsp3) is 0.619. The van der Waals surface area contributed by atoms with Gasteiger partial charge >= 0.3 is 6.18 Å². The van der Waals surface area contributed by atoms with Gasteiger partial charge in [-0.25, -0.2) is 0 Å². The van der Waals surface area contributed by atoms with E-state index in [2.05, 4.69) is 0 Å². The number of rotatable bonds is 4. The Morgan fingerprint density at radius 1 is 1.07 bits per heavy atom. The smallest absolute Gasteiger partial charge is 0.416 e. The van der Waals surface area contributed by atoms with Crippen molar-refractivity contribution in [2.75, 3.05) is 19.6 Å². The van der Waals surface area contributed by atoms with Crippen molar-refractivity contribution >= 4 is 11.8 Å². The van der Waals surface area contributed by atoms with Crippen LogP contribution in [0.15, 0.2) is 24.3 Å². The van der Waals surface area contributed by atoms with Crippen molar-refractivity contribution in [3.8, 4) is 5.75 Å². The standard InChI is InChI=1S/C21H25F3N2O3/c22-21(23,24)15-2-1-3-18(12-15)29-17-8-10-25(11-9-17)20(28)14-4-7-19(27)26(13-14)16-5-6-16/h1-3,12,14,16-17H,4-11,13H2/t14-/m1/s1. The minimum Gasteiger partial charge on any atom is -0.490 e. The Bertz CT molecular complexity index is 771. The Kier molecular flexibility index (Phi) is 5.44. The number of carbonyl (C=O) groups excluding carboxylic acids is 2. The van der Waals surface area contributed by atoms with E-state index in [9.17, 15) is 22.8 Å². The van der Waals surface area contributed by atoms with E-state index in [4.69, 9.17) is 4.74 Å². The maximum absolute atomic E-state index is 12.9. The van der Waals surface area contributed by atoms with Gasteiger partial charge in [0.25, 0.3) is 0 Å². The number of carbonyl (C=O) groups is 2. The number of piperidine rings is 2. The fourth-order valence-electron chi connectivity index (χ4n) is 4.20. The minimum absolute atomic E-state index is 0.0840. The first kappa shape index (κ1) is 20.0. The first-order chi connectivity index (χ1) is 13.8. The molecule has 0 N–H and O–H groups in total. The summed E-state index contributed by atoms with van der Waals surface area (Å²) in [6.07, 6.45) is -0.344. The van der Waals surface area contributed by atoms with Gasteiger partial charge in [0.15, 0.2) is 0 Å². The Balaban J connectivity index is 1.29. The number of hydrogen-bond acceptors (Lipinski definition) is 3. The third-order valence-electron chi connectivity index (χ3n) is 6.00. The average molecular weight is 410 g/mol. The van der Waals surface area contributed by atoms with Gasteiger partial charge in [-0.2, -0.15) is 13.2 Å². The molecule has 8 heteroatoms. The van der Waals surface area contributed by atoms with E-state index in [0.717, 1.165) is 25.0 Å². The first-order valence-corrected chi connectivity index (χ1v) is 10.2. The molecule has 0 unspecified atom stereocenters. The zero-order valence-corrected chi connectivity index (χ0v) is 16.2. The van der Waals surface area contributed by atoms with E-state index < -0.39 is 11.7 Å². The van der Waals surface area contributed by atoms with Gasteiger partial charge in [0.2, 0.25) is 11.8 Å². The van der Waals surface area contributed by atoms with Gasteiger partial charge < -0.3 is 14.5 Å². The number of ether oxygens (including phenoxy) is 1. The number of halogens is 3. The van der Waals surface area contributed by atoms with E-state index in [1.807, 2.05) is 9.80 Å². The molecule has 29 heavy (non-hydrogen) atoms. The second-order valence-electron chi connectivity index (χ2n) is 8.18. The zero-order chi connectivity index (χ0) is 20.6. The molecule has 0 radical (unpaired) electrons. The van der Waals surface area contributed by atoms with Crippen molar-refractivity contribution in [3.63, 3.8) is 0 Å². The lowest BCUT2D eigenvalue weighted by Crippen LogP contribution is -2.50. The molecule has 1 atom stereocenters. The Morgan fingerprint density at radius 2 is 1.79 bits per heavy atom. The summed E-state index contributed by atoms with van der Waals surface area (Å²) in [5.41, 5.74) is -0.727. The third-order valence-corrected chi connectivity index (χ3v) is 6.00. The monoisotopic (exact) mass is 410 g/mol. The highest BCUT2D eigenvalue weighted by atomic mass is 19.4. The van der Waals surface area contributed by atoms with E-state index in [1.165, 1.54) is 12.1 Å². The molecule has 1 aromatic carbocycles. The van der Waals surface area contributed by atoms with Crippen molar-refractivity contribution in [3.05, 3.63) is 29.8 Å². The normalized spacial score (nSPS) is 24.0. The maximum atomic E-state index is 12.9. The van der Waals surface area contributed by atoms with Crippen molar-refractivity contribution in [1.82, 2.24) is 9.80 Å². The highest BCUT2D eigenvalue weighted by Crippen LogP contribution is 2.34. The molecule has 2 saturated heterocycles. The predicted molar refractivity (Wildman–Crippen MR) is 99.1 cm³/mol. The van der Waals surface area contributed by atoms with Gasteiger partial charge in [-0.3, -0.25) is 9.59 Å². The van der Waals surface area contributed by atoms with Crippen LogP contribution in [-0.2, 0) is 15.8 Å². The maximum Gasteiger partial charge on any atom is 0.416 e. The van der Waals surface area contributed by atoms with Crippen molar-refractivity contribution in [2.24, 2.45) is 5.92 Å². The lowest BCUT2D eigenvalue weighted by Gasteiger charge is -2.37. The van der Waals surface area contributed by atoms with Crippen molar-refractivity contribution in [2.45, 2.75) is 56.8 Å². The molecule has 1 saturated carbocycles. The first-order valence-electron chi connectivity index (χ1n) is 10.2. The highest BCUT2D eigenvalue weighted by molar-refractivity contribution is 5.84. The molecule has 1 aliphatic carbocycles. The van der Waals surface area contributed by atoms with Crippen LogP contribution in [0.3, 0.4) is 0 Å². The zero-order valence-electron chi connectivity index (χ0n) is 16.2. The van der Waals surface area contributed by atoms with E-state index >= 15 is 0 Å². The van der Waals surface area contributed by atoms with Crippen LogP contribution in [0.2, 0.25) is 0 Å². The summed E-state index contributed by atoms with van der Waals surface area (Å²) in [5.74, 6) is 0.301. The molecule has 2 aliphatic heterocycles. The summed E-state index contributed by atoms with van der Waals surface area (Å²) < 4.78 is 44.3. The van der Waals surface area contributed by atoms with Gasteiger partial charge in [-0.05, 0) is 37.5 Å². The molecule has 0 spiro atoms. The number of alkyl halides is 3. The van der Waals surface area contributed by atoms with Crippen LogP contribution < -0.4 is 4.74 Å². The second-order valence-corrected chi connectivity index (χ2v) is 8.18. The van der Waals surface area contributed by atoms with E-state index in [0.29, 0.717) is 51.4 Å². The Morgan fingerprint density at radius 3 is 2.45 bits per heavy atom. The topological polar surface area (TPSA) is 49.9 Å². The molecule has 0 bridgehead atoms. The van der Waals surface area contributed by atoms with Crippen LogP contribution >= 0.6 is 0 Å². The lowest BCUT2D eigenvalue weighted by molar-refractivity contribution is -0.144. The van der Waals surface area contributed by atoms with Gasteiger partial charge in [0, 0.05) is 44.9 Å². The lowest BCUT2D eigenvalue weighted by atomic mass is 9.94. The largest absolute Gasteiger partial charge is 0.490 e. The molecular formula is C21H25F3N2O3. The molecule has 158 valence electrons. The van der Waals surface area contributed by atoms with Crippen molar-refractivity contribution < 1.29 is 27.5 Å². The quantitative estimate of drug-likeness (QED) is 0.764. The molecule has 5 nitrogen and oxygen atoms in total. The van der Waals surface area contributed by atoms with Gasteiger partial charge in [-0.15, -0.1) is 0 Å². The summed E-state index contributed by atoms with van der Waals surface area (Å²) >= 11 is 0. The average Bonchev–Trinajstić information content (AvgIpc) is 3.53. The van der Waals surface area contributed by atoms with Crippen LogP contribution in [0.25, 0.3) is 0 Å². The van der Waals surface area contributed by atoms with Crippen molar-refractivity contribution in [1.29, 1.82) is 0 Å². The number of benzene rings is 1. The van der Waals surface area contributed by atoms with Crippen LogP contribution in [-0.4, -0.2) is 53.4 Å². The molecule has 0 aromatic heterocycles. The summed E-state index contributed by atoms with van der Waals surface area (Å²) in [7, 11) is 0. The second kappa shape index (κ2) is 7.88. The number of likely N-dealkylation sites (tertiary alicyclic amines) is 2. The molecule has 1 aromatic rings. The number of amides is 2. The SMILES string of the molecule is O=C([C@@H]1CCC(=O)N(C2CC2)C1)N1CCC(Oc2cccc(C(F)(F)F)c2)CC1. The minimum atomic E-state index is -4.40.